The molecule has 0 bridgehead atoms. The largest absolute Gasteiger partial charge is 0.344 e. The third-order valence-electron chi connectivity index (χ3n) is 3.58. The number of halogens is 4. The van der Waals surface area contributed by atoms with Crippen LogP contribution in [0.1, 0.15) is 49.4 Å². The highest BCUT2D eigenvalue weighted by Gasteiger charge is 2.40. The van der Waals surface area contributed by atoms with Crippen LogP contribution in [-0.2, 0) is 9.84 Å². The Bertz CT molecular complexity index is 847. The Morgan fingerprint density at radius 1 is 1.24 bits per heavy atom. The Labute approximate surface area is 142 Å². The Hall–Kier alpha value is -1.97. The Kier molecular flexibility index (Phi) is 5.50. The second-order valence-electron chi connectivity index (χ2n) is 5.28. The fraction of sp³-hybridized carbons (Fsp3) is 0.467. The fourth-order valence-corrected chi connectivity index (χ4v) is 3.18. The van der Waals surface area contributed by atoms with Gasteiger partial charge in [-0.3, -0.25) is 0 Å². The summed E-state index contributed by atoms with van der Waals surface area (Å²) in [5.74, 6) is -4.58. The first kappa shape index (κ1) is 19.4. The van der Waals surface area contributed by atoms with E-state index in [1.54, 1.807) is 13.0 Å². The quantitative estimate of drug-likeness (QED) is 0.762. The first-order valence-electron chi connectivity index (χ1n) is 7.60. The number of hydrogen-bond acceptors (Lipinski definition) is 4. The summed E-state index contributed by atoms with van der Waals surface area (Å²) in [4.78, 5) is 3.40. The van der Waals surface area contributed by atoms with Crippen molar-refractivity contribution in [1.29, 1.82) is 0 Å². The number of sulfone groups is 1. The predicted octanol–water partition coefficient (Wildman–Crippen LogP) is 3.75. The standard InChI is InChI=1S/C13H11F4N3O2S.C2H6/c1-6-2-7(4-8(14)3-6)10-5-9(15)11-18-13(19-20(10)11)23(21,22)12(16)17;1-2/h2-4,9-10,12H,5H2,1H3;1-2H3/t9-,10-;/m0./s1. The fourth-order valence-electron chi connectivity index (χ4n) is 2.59. The van der Waals surface area contributed by atoms with E-state index in [-0.39, 0.29) is 12.2 Å². The number of hydrogen-bond donors (Lipinski definition) is 0. The van der Waals surface area contributed by atoms with Crippen molar-refractivity contribution in [2.45, 2.75) is 50.3 Å². The second-order valence-corrected chi connectivity index (χ2v) is 7.10. The highest BCUT2D eigenvalue weighted by atomic mass is 32.2. The molecule has 1 aromatic carbocycles. The zero-order valence-electron chi connectivity index (χ0n) is 13.7. The monoisotopic (exact) mass is 379 g/mol. The Balaban J connectivity index is 0.00000109. The molecule has 138 valence electrons. The average Bonchev–Trinajstić information content (AvgIpc) is 3.09. The molecule has 0 amide bonds. The summed E-state index contributed by atoms with van der Waals surface area (Å²) < 4.78 is 76.5. The maximum Gasteiger partial charge on any atom is 0.344 e. The van der Waals surface area contributed by atoms with Gasteiger partial charge in [0, 0.05) is 6.42 Å². The van der Waals surface area contributed by atoms with Gasteiger partial charge in [-0.15, -0.1) is 5.10 Å². The minimum Gasteiger partial charge on any atom is -0.239 e. The molecule has 0 aliphatic carbocycles. The molecule has 0 saturated heterocycles. The second kappa shape index (κ2) is 7.11. The lowest BCUT2D eigenvalue weighted by atomic mass is 10.0. The number of alkyl halides is 3. The molecule has 25 heavy (non-hydrogen) atoms. The van der Waals surface area contributed by atoms with Crippen LogP contribution in [0.2, 0.25) is 0 Å². The molecular weight excluding hydrogens is 362 g/mol. The molecule has 10 heteroatoms. The van der Waals surface area contributed by atoms with Crippen molar-refractivity contribution in [3.05, 3.63) is 41.0 Å². The Morgan fingerprint density at radius 3 is 2.44 bits per heavy atom. The number of aryl methyl sites for hydroxylation is 1. The summed E-state index contributed by atoms with van der Waals surface area (Å²) in [6, 6.07) is 3.24. The van der Waals surface area contributed by atoms with Gasteiger partial charge in [-0.25, -0.2) is 21.9 Å². The number of rotatable bonds is 3. The van der Waals surface area contributed by atoms with Crippen LogP contribution in [0.3, 0.4) is 0 Å². The van der Waals surface area contributed by atoms with Crippen molar-refractivity contribution >= 4 is 9.84 Å². The molecule has 1 aliphatic rings. The SMILES string of the molecule is CC.Cc1cc(F)cc([C@@H]2C[C@H](F)c3nc(S(=O)(=O)C(F)F)nn32)c1. The van der Waals surface area contributed by atoms with Gasteiger partial charge in [0.1, 0.15) is 5.82 Å². The van der Waals surface area contributed by atoms with Crippen LogP contribution in [0.25, 0.3) is 0 Å². The van der Waals surface area contributed by atoms with Gasteiger partial charge in [0.2, 0.25) is 0 Å². The summed E-state index contributed by atoms with van der Waals surface area (Å²) >= 11 is 0. The number of fused-ring (bicyclic) bond motifs is 1. The summed E-state index contributed by atoms with van der Waals surface area (Å²) in [6.45, 7) is 5.64. The van der Waals surface area contributed by atoms with Gasteiger partial charge in [0.05, 0.1) is 6.04 Å². The van der Waals surface area contributed by atoms with E-state index >= 15 is 0 Å². The molecule has 3 rings (SSSR count). The van der Waals surface area contributed by atoms with E-state index in [0.717, 1.165) is 4.68 Å². The third-order valence-corrected chi connectivity index (χ3v) is 4.73. The van der Waals surface area contributed by atoms with Crippen LogP contribution < -0.4 is 0 Å². The van der Waals surface area contributed by atoms with Crippen molar-refractivity contribution in [2.75, 3.05) is 0 Å². The molecule has 1 aliphatic heterocycles. The molecule has 2 aromatic rings. The van der Waals surface area contributed by atoms with E-state index in [1.165, 1.54) is 12.1 Å². The minimum atomic E-state index is -5.02. The molecule has 0 saturated carbocycles. The minimum absolute atomic E-state index is 0.118. The number of aromatic nitrogens is 3. The third kappa shape index (κ3) is 3.53. The van der Waals surface area contributed by atoms with Gasteiger partial charge in [-0.05, 0) is 30.2 Å². The molecule has 0 unspecified atom stereocenters. The van der Waals surface area contributed by atoms with Gasteiger partial charge >= 0.3 is 5.76 Å². The maximum absolute atomic E-state index is 14.1. The normalized spacial score (nSPS) is 19.5. The zero-order valence-corrected chi connectivity index (χ0v) is 14.6. The molecule has 2 heterocycles. The molecule has 5 nitrogen and oxygen atoms in total. The zero-order chi connectivity index (χ0) is 18.9. The van der Waals surface area contributed by atoms with Gasteiger partial charge in [0.15, 0.2) is 12.0 Å². The number of nitrogens with zero attached hydrogens (tertiary/aromatic N) is 3. The maximum atomic E-state index is 14.1. The van der Waals surface area contributed by atoms with Crippen LogP contribution in [0.4, 0.5) is 17.6 Å². The molecule has 0 radical (unpaired) electrons. The Morgan fingerprint density at radius 2 is 1.88 bits per heavy atom. The van der Waals surface area contributed by atoms with Crippen LogP contribution in [0, 0.1) is 12.7 Å². The van der Waals surface area contributed by atoms with Gasteiger partial charge in [-0.1, -0.05) is 19.9 Å². The molecule has 0 fully saturated rings. The van der Waals surface area contributed by atoms with Crippen molar-refractivity contribution in [2.24, 2.45) is 0 Å². The lowest BCUT2D eigenvalue weighted by Crippen LogP contribution is -2.15. The average molecular weight is 379 g/mol. The van der Waals surface area contributed by atoms with E-state index in [9.17, 15) is 26.0 Å². The van der Waals surface area contributed by atoms with E-state index in [2.05, 4.69) is 10.1 Å². The summed E-state index contributed by atoms with van der Waals surface area (Å²) in [5, 5.41) is 2.40. The van der Waals surface area contributed by atoms with Gasteiger partial charge in [0.25, 0.3) is 15.0 Å². The van der Waals surface area contributed by atoms with Crippen molar-refractivity contribution in [1.82, 2.24) is 14.8 Å². The summed E-state index contributed by atoms with van der Waals surface area (Å²) in [6.07, 6.45) is -1.79. The molecule has 1 aromatic heterocycles. The van der Waals surface area contributed by atoms with Crippen molar-refractivity contribution in [3.63, 3.8) is 0 Å². The topological polar surface area (TPSA) is 64.8 Å². The highest BCUT2D eigenvalue weighted by Crippen LogP contribution is 2.40. The molecule has 2 atom stereocenters. The van der Waals surface area contributed by atoms with Crippen LogP contribution in [0.15, 0.2) is 23.4 Å². The molecule has 0 N–H and O–H groups in total. The summed E-state index contributed by atoms with van der Waals surface area (Å²) in [7, 11) is -5.02. The van der Waals surface area contributed by atoms with E-state index in [1.807, 2.05) is 13.8 Å². The summed E-state index contributed by atoms with van der Waals surface area (Å²) in [5.41, 5.74) is 0.958. The molecule has 0 spiro atoms. The van der Waals surface area contributed by atoms with Crippen molar-refractivity contribution in [3.8, 4) is 0 Å². The number of benzene rings is 1. The lowest BCUT2D eigenvalue weighted by Gasteiger charge is -2.12. The van der Waals surface area contributed by atoms with E-state index in [0.29, 0.717) is 11.1 Å². The van der Waals surface area contributed by atoms with Gasteiger partial charge in [-0.2, -0.15) is 13.8 Å². The molecular formula is C15H17F4N3O2S. The van der Waals surface area contributed by atoms with Crippen LogP contribution in [0.5, 0.6) is 0 Å². The van der Waals surface area contributed by atoms with Gasteiger partial charge < -0.3 is 0 Å². The van der Waals surface area contributed by atoms with Crippen LogP contribution in [-0.4, -0.2) is 28.9 Å². The van der Waals surface area contributed by atoms with Crippen molar-refractivity contribution < 1.29 is 26.0 Å². The lowest BCUT2D eigenvalue weighted by molar-refractivity contribution is 0.233. The first-order valence-corrected chi connectivity index (χ1v) is 9.14. The van der Waals surface area contributed by atoms with E-state index in [4.69, 9.17) is 0 Å². The van der Waals surface area contributed by atoms with E-state index < -0.39 is 38.8 Å². The predicted molar refractivity (Wildman–Crippen MR) is 82.3 cm³/mol. The smallest absolute Gasteiger partial charge is 0.239 e. The first-order chi connectivity index (χ1) is 11.7. The highest BCUT2D eigenvalue weighted by molar-refractivity contribution is 7.91. The van der Waals surface area contributed by atoms with Crippen LogP contribution >= 0.6 is 0 Å².